The highest BCUT2D eigenvalue weighted by Crippen LogP contribution is 2.31. The van der Waals surface area contributed by atoms with Crippen LogP contribution in [0.4, 0.5) is 5.82 Å². The van der Waals surface area contributed by atoms with Crippen molar-refractivity contribution in [1.82, 2.24) is 14.7 Å². The summed E-state index contributed by atoms with van der Waals surface area (Å²) in [5.74, 6) is 0.649. The fourth-order valence-electron chi connectivity index (χ4n) is 3.30. The van der Waals surface area contributed by atoms with Crippen LogP contribution in [0.2, 0.25) is 0 Å². The van der Waals surface area contributed by atoms with E-state index in [1.807, 2.05) is 44.2 Å². The van der Waals surface area contributed by atoms with E-state index in [1.54, 1.807) is 9.58 Å². The van der Waals surface area contributed by atoms with E-state index in [2.05, 4.69) is 26.1 Å². The third kappa shape index (κ3) is 5.05. The van der Waals surface area contributed by atoms with E-state index in [9.17, 15) is 9.59 Å². The summed E-state index contributed by atoms with van der Waals surface area (Å²) in [6, 6.07) is 9.89. The molecule has 2 amide bonds. The van der Waals surface area contributed by atoms with Crippen LogP contribution in [0.5, 0.6) is 0 Å². The van der Waals surface area contributed by atoms with Crippen LogP contribution in [0.3, 0.4) is 0 Å². The van der Waals surface area contributed by atoms with E-state index in [1.165, 1.54) is 0 Å². The lowest BCUT2D eigenvalue weighted by Gasteiger charge is -2.21. The molecule has 1 heterocycles. The number of nitrogens with zero attached hydrogens (tertiary/aromatic N) is 3. The van der Waals surface area contributed by atoms with Gasteiger partial charge in [0.05, 0.1) is 17.9 Å². The minimum Gasteiger partial charge on any atom is -0.333 e. The van der Waals surface area contributed by atoms with Crippen molar-refractivity contribution in [2.75, 3.05) is 18.4 Å². The molecule has 1 saturated carbocycles. The number of carbonyl (C=O) groups is 2. The van der Waals surface area contributed by atoms with Gasteiger partial charge in [0.1, 0.15) is 5.82 Å². The van der Waals surface area contributed by atoms with Crippen LogP contribution in [-0.2, 0) is 15.0 Å². The lowest BCUT2D eigenvalue weighted by atomic mass is 9.92. The van der Waals surface area contributed by atoms with Gasteiger partial charge in [-0.3, -0.25) is 9.59 Å². The van der Waals surface area contributed by atoms with Gasteiger partial charge in [0.15, 0.2) is 0 Å². The Morgan fingerprint density at radius 3 is 2.52 bits per heavy atom. The molecule has 6 heteroatoms. The Labute approximate surface area is 173 Å². The predicted molar refractivity (Wildman–Crippen MR) is 115 cm³/mol. The number of para-hydroxylation sites is 1. The average molecular weight is 397 g/mol. The number of hydrogen-bond donors (Lipinski definition) is 1. The van der Waals surface area contributed by atoms with Crippen LogP contribution in [0.25, 0.3) is 5.69 Å². The maximum absolute atomic E-state index is 12.8. The van der Waals surface area contributed by atoms with Crippen LogP contribution in [0.1, 0.15) is 58.2 Å². The van der Waals surface area contributed by atoms with Crippen molar-refractivity contribution in [2.45, 2.75) is 59.3 Å². The number of amides is 2. The molecular formula is C23H32N4O2. The molecule has 6 nitrogen and oxygen atoms in total. The molecule has 0 radical (unpaired) electrons. The number of anilines is 1. The number of rotatable bonds is 7. The Kier molecular flexibility index (Phi) is 6.10. The molecule has 0 bridgehead atoms. The van der Waals surface area contributed by atoms with Crippen molar-refractivity contribution < 1.29 is 9.59 Å². The van der Waals surface area contributed by atoms with Gasteiger partial charge >= 0.3 is 0 Å². The Morgan fingerprint density at radius 2 is 1.93 bits per heavy atom. The molecule has 1 aliphatic rings. The summed E-state index contributed by atoms with van der Waals surface area (Å²) >= 11 is 0. The summed E-state index contributed by atoms with van der Waals surface area (Å²) in [5.41, 5.74) is 2.75. The molecule has 1 aliphatic carbocycles. The zero-order chi connectivity index (χ0) is 21.2. The van der Waals surface area contributed by atoms with Gasteiger partial charge in [0.25, 0.3) is 0 Å². The second-order valence-electron chi connectivity index (χ2n) is 8.95. The van der Waals surface area contributed by atoms with E-state index in [0.717, 1.165) is 36.2 Å². The molecule has 1 aromatic carbocycles. The van der Waals surface area contributed by atoms with E-state index >= 15 is 0 Å². The Balaban J connectivity index is 1.85. The third-order valence-corrected chi connectivity index (χ3v) is 5.16. The molecule has 29 heavy (non-hydrogen) atoms. The first-order chi connectivity index (χ1) is 13.7. The monoisotopic (exact) mass is 396 g/mol. The maximum atomic E-state index is 12.8. The van der Waals surface area contributed by atoms with E-state index in [4.69, 9.17) is 5.10 Å². The molecular weight excluding hydrogens is 364 g/mol. The lowest BCUT2D eigenvalue weighted by Crippen LogP contribution is -2.39. The lowest BCUT2D eigenvalue weighted by molar-refractivity contribution is -0.135. The average Bonchev–Trinajstić information content (AvgIpc) is 3.41. The first-order valence-electron chi connectivity index (χ1n) is 10.5. The standard InChI is InChI=1S/C23H32N4O2/c1-6-13-26(22(29)17-11-12-17)15-21(28)24-20-14-19(23(3,4)5)25-27(20)18-10-8-7-9-16(18)2/h7-10,14,17H,6,11-13,15H2,1-5H3,(H,24,28). The van der Waals surface area contributed by atoms with Gasteiger partial charge in [-0.05, 0) is 37.8 Å². The van der Waals surface area contributed by atoms with Crippen LogP contribution in [0.15, 0.2) is 30.3 Å². The largest absolute Gasteiger partial charge is 0.333 e. The number of carbonyl (C=O) groups excluding carboxylic acids is 2. The third-order valence-electron chi connectivity index (χ3n) is 5.16. The highest BCUT2D eigenvalue weighted by molar-refractivity contribution is 5.94. The van der Waals surface area contributed by atoms with Crippen LogP contribution < -0.4 is 5.32 Å². The maximum Gasteiger partial charge on any atom is 0.245 e. The van der Waals surface area contributed by atoms with Gasteiger partial charge in [-0.1, -0.05) is 45.9 Å². The smallest absolute Gasteiger partial charge is 0.245 e. The van der Waals surface area contributed by atoms with Gasteiger partial charge in [-0.2, -0.15) is 5.10 Å². The number of hydrogen-bond acceptors (Lipinski definition) is 3. The normalized spacial score (nSPS) is 14.0. The predicted octanol–water partition coefficient (Wildman–Crippen LogP) is 4.07. The minimum atomic E-state index is -0.192. The Hall–Kier alpha value is -2.63. The highest BCUT2D eigenvalue weighted by atomic mass is 16.2. The van der Waals surface area contributed by atoms with E-state index < -0.39 is 0 Å². The van der Waals surface area contributed by atoms with E-state index in [-0.39, 0.29) is 29.7 Å². The highest BCUT2D eigenvalue weighted by Gasteiger charge is 2.34. The number of benzene rings is 1. The molecule has 1 N–H and O–H groups in total. The zero-order valence-corrected chi connectivity index (χ0v) is 18.2. The molecule has 156 valence electrons. The van der Waals surface area contributed by atoms with Crippen LogP contribution >= 0.6 is 0 Å². The Morgan fingerprint density at radius 1 is 1.24 bits per heavy atom. The number of nitrogens with one attached hydrogen (secondary N) is 1. The van der Waals surface area contributed by atoms with Gasteiger partial charge in [-0.15, -0.1) is 0 Å². The molecule has 3 rings (SSSR count). The van der Waals surface area contributed by atoms with Crippen molar-refractivity contribution in [3.63, 3.8) is 0 Å². The van der Waals surface area contributed by atoms with Gasteiger partial charge in [-0.25, -0.2) is 4.68 Å². The van der Waals surface area contributed by atoms with Gasteiger partial charge in [0, 0.05) is 23.9 Å². The second-order valence-corrected chi connectivity index (χ2v) is 8.95. The summed E-state index contributed by atoms with van der Waals surface area (Å²) in [5, 5.41) is 7.78. The van der Waals surface area contributed by atoms with Gasteiger partial charge in [0.2, 0.25) is 11.8 Å². The van der Waals surface area contributed by atoms with Crippen LogP contribution in [-0.4, -0.2) is 39.6 Å². The zero-order valence-electron chi connectivity index (χ0n) is 18.2. The van der Waals surface area contributed by atoms with Crippen molar-refractivity contribution in [3.05, 3.63) is 41.6 Å². The quantitative estimate of drug-likeness (QED) is 0.767. The summed E-state index contributed by atoms with van der Waals surface area (Å²) in [7, 11) is 0. The first-order valence-corrected chi connectivity index (χ1v) is 10.5. The van der Waals surface area contributed by atoms with Crippen molar-refractivity contribution >= 4 is 17.6 Å². The minimum absolute atomic E-state index is 0.0764. The fourth-order valence-corrected chi connectivity index (χ4v) is 3.30. The molecule has 1 aromatic heterocycles. The van der Waals surface area contributed by atoms with Crippen molar-refractivity contribution in [1.29, 1.82) is 0 Å². The molecule has 0 saturated heterocycles. The molecule has 0 aliphatic heterocycles. The Bertz CT molecular complexity index is 891. The summed E-state index contributed by atoms with van der Waals surface area (Å²) in [6.07, 6.45) is 2.71. The van der Waals surface area contributed by atoms with Crippen molar-refractivity contribution in [3.8, 4) is 5.69 Å². The molecule has 2 aromatic rings. The summed E-state index contributed by atoms with van der Waals surface area (Å²) in [6.45, 7) is 11.0. The molecule has 1 fully saturated rings. The van der Waals surface area contributed by atoms with Crippen LogP contribution in [0, 0.1) is 12.8 Å². The second kappa shape index (κ2) is 8.39. The van der Waals surface area contributed by atoms with E-state index in [0.29, 0.717) is 12.4 Å². The van der Waals surface area contributed by atoms with Crippen molar-refractivity contribution in [2.24, 2.45) is 5.92 Å². The molecule has 0 spiro atoms. The first kappa shape index (κ1) is 21.1. The molecule has 0 unspecified atom stereocenters. The number of aromatic nitrogens is 2. The summed E-state index contributed by atoms with van der Waals surface area (Å²) < 4.78 is 1.79. The number of aryl methyl sites for hydroxylation is 1. The summed E-state index contributed by atoms with van der Waals surface area (Å²) in [4.78, 5) is 27.0. The fraction of sp³-hybridized carbons (Fsp3) is 0.522. The SMILES string of the molecule is CCCN(CC(=O)Nc1cc(C(C)(C)C)nn1-c1ccccc1C)C(=O)C1CC1. The topological polar surface area (TPSA) is 67.2 Å². The van der Waals surface area contributed by atoms with Gasteiger partial charge < -0.3 is 10.2 Å². The molecule has 0 atom stereocenters.